The van der Waals surface area contributed by atoms with Crippen molar-refractivity contribution in [3.05, 3.63) is 93.6 Å². The Morgan fingerprint density at radius 2 is 1.69 bits per heavy atom. The van der Waals surface area contributed by atoms with E-state index in [1.807, 2.05) is 30.3 Å². The molecule has 0 bridgehead atoms. The second kappa shape index (κ2) is 11.5. The SMILES string of the molecule is COS(=O)(=O)CCCOc1ccc([C@H]2c3[nH]c4ccc(Cl)cc4c3CCN2C(=O)Oc2ccc(Cl)cc2)cc1. The highest BCUT2D eigenvalue weighted by Crippen LogP contribution is 2.40. The van der Waals surface area contributed by atoms with E-state index >= 15 is 0 Å². The maximum absolute atomic E-state index is 13.4. The summed E-state index contributed by atoms with van der Waals surface area (Å²) in [5, 5.41) is 2.22. The molecule has 1 amide bonds. The summed E-state index contributed by atoms with van der Waals surface area (Å²) in [6, 6.07) is 19.3. The van der Waals surface area contributed by atoms with E-state index in [1.165, 1.54) is 0 Å². The van der Waals surface area contributed by atoms with Crippen molar-refractivity contribution in [2.24, 2.45) is 0 Å². The zero-order valence-electron chi connectivity index (χ0n) is 21.0. The van der Waals surface area contributed by atoms with Crippen molar-refractivity contribution >= 4 is 50.3 Å². The molecule has 1 atom stereocenters. The third-order valence-corrected chi connectivity index (χ3v) is 8.38. The number of benzene rings is 3. The Morgan fingerprint density at radius 3 is 2.41 bits per heavy atom. The first-order valence-corrected chi connectivity index (χ1v) is 14.6. The van der Waals surface area contributed by atoms with Crippen LogP contribution in [0.4, 0.5) is 4.79 Å². The molecule has 11 heteroatoms. The van der Waals surface area contributed by atoms with Gasteiger partial charge in [0, 0.05) is 33.2 Å². The summed E-state index contributed by atoms with van der Waals surface area (Å²) in [6.45, 7) is 0.660. The molecule has 204 valence electrons. The average molecular weight is 589 g/mol. The molecule has 4 aromatic rings. The number of halogens is 2. The highest BCUT2D eigenvalue weighted by atomic mass is 35.5. The number of nitrogens with one attached hydrogen (secondary N) is 1. The van der Waals surface area contributed by atoms with Gasteiger partial charge in [-0.3, -0.25) is 9.08 Å². The van der Waals surface area contributed by atoms with Crippen LogP contribution in [-0.2, 0) is 20.7 Å². The predicted octanol–water partition coefficient (Wildman–Crippen LogP) is 6.37. The van der Waals surface area contributed by atoms with E-state index < -0.39 is 22.3 Å². The molecule has 8 nitrogen and oxygen atoms in total. The van der Waals surface area contributed by atoms with Gasteiger partial charge >= 0.3 is 6.09 Å². The molecule has 1 aliphatic rings. The number of hydrogen-bond donors (Lipinski definition) is 1. The number of ether oxygens (including phenoxy) is 2. The van der Waals surface area contributed by atoms with Crippen LogP contribution in [0.3, 0.4) is 0 Å². The molecular formula is C28H26Cl2N2O6S. The summed E-state index contributed by atoms with van der Waals surface area (Å²) in [7, 11) is -2.38. The van der Waals surface area contributed by atoms with Gasteiger partial charge in [-0.15, -0.1) is 0 Å². The fourth-order valence-electron chi connectivity index (χ4n) is 4.72. The summed E-state index contributed by atoms with van der Waals surface area (Å²) >= 11 is 12.3. The average Bonchev–Trinajstić information content (AvgIpc) is 3.30. The lowest BCUT2D eigenvalue weighted by molar-refractivity contribution is 0.135. The first kappa shape index (κ1) is 27.3. The van der Waals surface area contributed by atoms with Gasteiger partial charge in [-0.05, 0) is 78.6 Å². The molecule has 0 unspecified atom stereocenters. The van der Waals surface area contributed by atoms with Crippen LogP contribution in [0.25, 0.3) is 10.9 Å². The van der Waals surface area contributed by atoms with Gasteiger partial charge in [0.05, 0.1) is 19.5 Å². The molecule has 1 aliphatic heterocycles. The van der Waals surface area contributed by atoms with Gasteiger partial charge in [0.15, 0.2) is 0 Å². The molecule has 3 aromatic carbocycles. The van der Waals surface area contributed by atoms with Gasteiger partial charge in [0.25, 0.3) is 10.1 Å². The summed E-state index contributed by atoms with van der Waals surface area (Å²) in [5.74, 6) is 0.863. The number of nitrogens with zero attached hydrogens (tertiary/aromatic N) is 1. The van der Waals surface area contributed by atoms with Crippen LogP contribution in [0, 0.1) is 0 Å². The largest absolute Gasteiger partial charge is 0.494 e. The highest BCUT2D eigenvalue weighted by Gasteiger charge is 2.35. The number of carbonyl (C=O) groups is 1. The van der Waals surface area contributed by atoms with Crippen LogP contribution < -0.4 is 9.47 Å². The summed E-state index contributed by atoms with van der Waals surface area (Å²) in [4.78, 5) is 18.6. The van der Waals surface area contributed by atoms with Gasteiger partial charge < -0.3 is 14.5 Å². The molecule has 2 heterocycles. The van der Waals surface area contributed by atoms with Crippen LogP contribution in [0.5, 0.6) is 11.5 Å². The second-order valence-electron chi connectivity index (χ2n) is 9.07. The maximum Gasteiger partial charge on any atom is 0.416 e. The van der Waals surface area contributed by atoms with E-state index in [2.05, 4.69) is 9.17 Å². The van der Waals surface area contributed by atoms with E-state index in [1.54, 1.807) is 41.3 Å². The Kier molecular flexibility index (Phi) is 8.04. The van der Waals surface area contributed by atoms with Crippen molar-refractivity contribution in [2.75, 3.05) is 26.0 Å². The third kappa shape index (κ3) is 6.17. The first-order valence-electron chi connectivity index (χ1n) is 12.3. The molecule has 0 fully saturated rings. The second-order valence-corrected chi connectivity index (χ2v) is 11.8. The number of fused-ring (bicyclic) bond motifs is 3. The lowest BCUT2D eigenvalue weighted by atomic mass is 9.92. The lowest BCUT2D eigenvalue weighted by Crippen LogP contribution is -2.42. The van der Waals surface area contributed by atoms with Crippen LogP contribution in [-0.4, -0.2) is 50.4 Å². The number of aromatic nitrogens is 1. The highest BCUT2D eigenvalue weighted by molar-refractivity contribution is 7.86. The zero-order chi connectivity index (χ0) is 27.6. The van der Waals surface area contributed by atoms with Crippen molar-refractivity contribution in [1.82, 2.24) is 9.88 Å². The minimum atomic E-state index is -3.52. The Labute approximate surface area is 236 Å². The zero-order valence-corrected chi connectivity index (χ0v) is 23.4. The van der Waals surface area contributed by atoms with Crippen molar-refractivity contribution in [1.29, 1.82) is 0 Å². The Balaban J connectivity index is 1.42. The number of hydrogen-bond acceptors (Lipinski definition) is 6. The Bertz CT molecular complexity index is 1590. The molecule has 0 saturated heterocycles. The van der Waals surface area contributed by atoms with E-state index in [9.17, 15) is 13.2 Å². The molecule has 0 radical (unpaired) electrons. The van der Waals surface area contributed by atoms with Gasteiger partial charge in [0.2, 0.25) is 0 Å². The predicted molar refractivity (Wildman–Crippen MR) is 150 cm³/mol. The molecule has 1 N–H and O–H groups in total. The number of amides is 1. The monoisotopic (exact) mass is 588 g/mol. The lowest BCUT2D eigenvalue weighted by Gasteiger charge is -2.35. The van der Waals surface area contributed by atoms with E-state index in [4.69, 9.17) is 32.7 Å². The smallest absolute Gasteiger partial charge is 0.416 e. The minimum absolute atomic E-state index is 0.123. The number of rotatable bonds is 8. The van der Waals surface area contributed by atoms with Crippen molar-refractivity contribution in [3.8, 4) is 11.5 Å². The van der Waals surface area contributed by atoms with Crippen LogP contribution in [0.2, 0.25) is 10.0 Å². The van der Waals surface area contributed by atoms with E-state index in [-0.39, 0.29) is 12.4 Å². The van der Waals surface area contributed by atoms with Gasteiger partial charge in [-0.2, -0.15) is 8.42 Å². The quantitative estimate of drug-likeness (QED) is 0.190. The Morgan fingerprint density at radius 1 is 1.00 bits per heavy atom. The number of aromatic amines is 1. The van der Waals surface area contributed by atoms with Crippen LogP contribution >= 0.6 is 23.2 Å². The fraction of sp³-hybridized carbons (Fsp3) is 0.250. The number of carbonyl (C=O) groups excluding carboxylic acids is 1. The summed E-state index contributed by atoms with van der Waals surface area (Å²) in [6.07, 6.45) is 0.448. The molecule has 39 heavy (non-hydrogen) atoms. The van der Waals surface area contributed by atoms with Crippen LogP contribution in [0.15, 0.2) is 66.7 Å². The molecular weight excluding hydrogens is 563 g/mol. The molecule has 1 aromatic heterocycles. The van der Waals surface area contributed by atoms with Crippen molar-refractivity contribution in [3.63, 3.8) is 0 Å². The summed E-state index contributed by atoms with van der Waals surface area (Å²) in [5.41, 5.74) is 3.79. The minimum Gasteiger partial charge on any atom is -0.494 e. The summed E-state index contributed by atoms with van der Waals surface area (Å²) < 4.78 is 38.9. The first-order chi connectivity index (χ1) is 18.7. The molecule has 0 saturated carbocycles. The van der Waals surface area contributed by atoms with Gasteiger partial charge in [-0.25, -0.2) is 4.79 Å². The molecule has 0 spiro atoms. The van der Waals surface area contributed by atoms with Crippen molar-refractivity contribution < 1.29 is 26.9 Å². The topological polar surface area (TPSA) is 97.9 Å². The standard InChI is InChI=1S/C28H26Cl2N2O6S/c1-36-39(34,35)16-2-15-37-21-8-3-18(4-9-21)27-26-23(24-17-20(30)7-12-25(24)31-26)13-14-32(27)28(33)38-22-10-5-19(29)6-11-22/h3-12,17,27,31H,2,13-16H2,1H3/t27-/m0/s1. The fourth-order valence-corrected chi connectivity index (χ4v) is 5.66. The number of H-pyrrole nitrogens is 1. The molecule has 5 rings (SSSR count). The maximum atomic E-state index is 13.4. The van der Waals surface area contributed by atoms with Gasteiger partial charge in [-0.1, -0.05) is 35.3 Å². The molecule has 0 aliphatic carbocycles. The van der Waals surface area contributed by atoms with Crippen molar-refractivity contribution in [2.45, 2.75) is 18.9 Å². The van der Waals surface area contributed by atoms with E-state index in [0.29, 0.717) is 40.9 Å². The normalized spacial score (nSPS) is 15.3. The Hall–Kier alpha value is -3.24. The van der Waals surface area contributed by atoms with Gasteiger partial charge in [0.1, 0.15) is 17.5 Å². The van der Waals surface area contributed by atoms with Crippen LogP contribution in [0.1, 0.15) is 29.3 Å². The van der Waals surface area contributed by atoms with E-state index in [0.717, 1.165) is 34.8 Å². The third-order valence-electron chi connectivity index (χ3n) is 6.60.